The molecule has 0 bridgehead atoms. The standard InChI is InChI=1S/C24H35NO6/c1-27-15-13-25(14-16-28-2)17-21(26)18-31-24(19-5-9-22(29-3)10-6-19)20-7-11-23(30-4)12-8-20/h5-12,21,24,26H,13-18H2,1-4H3/t21-/m0/s1. The lowest BCUT2D eigenvalue weighted by Gasteiger charge is -2.26. The first-order valence-electron chi connectivity index (χ1n) is 10.4. The molecule has 0 aliphatic carbocycles. The van der Waals surface area contributed by atoms with E-state index in [0.29, 0.717) is 19.8 Å². The van der Waals surface area contributed by atoms with Crippen molar-refractivity contribution in [2.45, 2.75) is 12.2 Å². The van der Waals surface area contributed by atoms with Gasteiger partial charge < -0.3 is 28.8 Å². The van der Waals surface area contributed by atoms with Gasteiger partial charge in [0.05, 0.1) is 40.1 Å². The summed E-state index contributed by atoms with van der Waals surface area (Å²) in [5.41, 5.74) is 1.96. The van der Waals surface area contributed by atoms with Gasteiger partial charge in [0.15, 0.2) is 0 Å². The number of benzene rings is 2. The Morgan fingerprint density at radius 2 is 1.19 bits per heavy atom. The van der Waals surface area contributed by atoms with Gasteiger partial charge in [-0.05, 0) is 35.4 Å². The highest BCUT2D eigenvalue weighted by molar-refractivity contribution is 5.36. The second-order valence-electron chi connectivity index (χ2n) is 7.20. The van der Waals surface area contributed by atoms with Crippen LogP contribution in [0.2, 0.25) is 0 Å². The lowest BCUT2D eigenvalue weighted by atomic mass is 10.0. The van der Waals surface area contributed by atoms with E-state index in [0.717, 1.165) is 35.7 Å². The predicted octanol–water partition coefficient (Wildman–Crippen LogP) is 2.77. The SMILES string of the molecule is COCCN(CCOC)C[C@H](O)COC(c1ccc(OC)cc1)c1ccc(OC)cc1. The summed E-state index contributed by atoms with van der Waals surface area (Å²) in [5, 5.41) is 10.6. The molecule has 172 valence electrons. The number of aliphatic hydroxyl groups excluding tert-OH is 1. The third-order valence-electron chi connectivity index (χ3n) is 4.98. The van der Waals surface area contributed by atoms with Gasteiger partial charge in [0.1, 0.15) is 17.6 Å². The van der Waals surface area contributed by atoms with Crippen LogP contribution in [0.4, 0.5) is 0 Å². The van der Waals surface area contributed by atoms with E-state index >= 15 is 0 Å². The van der Waals surface area contributed by atoms with Crippen molar-refractivity contribution in [3.05, 3.63) is 59.7 Å². The van der Waals surface area contributed by atoms with Crippen LogP contribution in [-0.2, 0) is 14.2 Å². The van der Waals surface area contributed by atoms with Crippen molar-refractivity contribution in [2.24, 2.45) is 0 Å². The first-order valence-corrected chi connectivity index (χ1v) is 10.4. The maximum absolute atomic E-state index is 10.6. The number of rotatable bonds is 15. The molecular formula is C24H35NO6. The van der Waals surface area contributed by atoms with Gasteiger partial charge in [-0.2, -0.15) is 0 Å². The van der Waals surface area contributed by atoms with Gasteiger partial charge in [-0.15, -0.1) is 0 Å². The molecule has 7 heteroatoms. The average Bonchev–Trinajstić information content (AvgIpc) is 2.81. The van der Waals surface area contributed by atoms with Crippen molar-refractivity contribution in [2.75, 3.05) is 67.9 Å². The Morgan fingerprint density at radius 1 is 0.742 bits per heavy atom. The summed E-state index contributed by atoms with van der Waals surface area (Å²) in [6, 6.07) is 15.5. The van der Waals surface area contributed by atoms with E-state index in [1.54, 1.807) is 28.4 Å². The van der Waals surface area contributed by atoms with E-state index in [1.165, 1.54) is 0 Å². The first-order chi connectivity index (χ1) is 15.1. The fraction of sp³-hybridized carbons (Fsp3) is 0.500. The molecular weight excluding hydrogens is 398 g/mol. The second-order valence-corrected chi connectivity index (χ2v) is 7.20. The van der Waals surface area contributed by atoms with Crippen LogP contribution in [-0.4, -0.2) is 84.0 Å². The van der Waals surface area contributed by atoms with Crippen molar-refractivity contribution in [1.29, 1.82) is 0 Å². The van der Waals surface area contributed by atoms with E-state index in [9.17, 15) is 5.11 Å². The summed E-state index contributed by atoms with van der Waals surface area (Å²) in [5.74, 6) is 1.56. The van der Waals surface area contributed by atoms with Gasteiger partial charge >= 0.3 is 0 Å². The zero-order valence-corrected chi connectivity index (χ0v) is 19.0. The van der Waals surface area contributed by atoms with Gasteiger partial charge in [0.2, 0.25) is 0 Å². The highest BCUT2D eigenvalue weighted by Gasteiger charge is 2.19. The van der Waals surface area contributed by atoms with E-state index in [-0.39, 0.29) is 12.7 Å². The summed E-state index contributed by atoms with van der Waals surface area (Å²) in [7, 11) is 6.62. The lowest BCUT2D eigenvalue weighted by Crippen LogP contribution is -2.39. The van der Waals surface area contributed by atoms with Crippen molar-refractivity contribution in [1.82, 2.24) is 4.90 Å². The van der Waals surface area contributed by atoms with Crippen LogP contribution in [0.15, 0.2) is 48.5 Å². The normalized spacial score (nSPS) is 12.4. The summed E-state index contributed by atoms with van der Waals surface area (Å²) in [6.07, 6.45) is -0.967. The molecule has 1 N–H and O–H groups in total. The van der Waals surface area contributed by atoms with Crippen LogP contribution in [0.5, 0.6) is 11.5 Å². The van der Waals surface area contributed by atoms with E-state index < -0.39 is 6.10 Å². The van der Waals surface area contributed by atoms with Crippen LogP contribution in [0.1, 0.15) is 17.2 Å². The molecule has 0 amide bonds. The van der Waals surface area contributed by atoms with Crippen LogP contribution in [0.3, 0.4) is 0 Å². The monoisotopic (exact) mass is 433 g/mol. The summed E-state index contributed by atoms with van der Waals surface area (Å²) in [6.45, 7) is 3.30. The molecule has 2 rings (SSSR count). The van der Waals surface area contributed by atoms with Crippen molar-refractivity contribution in [3.63, 3.8) is 0 Å². The van der Waals surface area contributed by atoms with Gasteiger partial charge in [-0.25, -0.2) is 0 Å². The molecule has 0 unspecified atom stereocenters. The zero-order chi connectivity index (χ0) is 22.5. The number of nitrogens with zero attached hydrogens (tertiary/aromatic N) is 1. The Kier molecular flexibility index (Phi) is 11.3. The average molecular weight is 434 g/mol. The Hall–Kier alpha value is -2.16. The Bertz CT molecular complexity index is 666. The predicted molar refractivity (Wildman–Crippen MR) is 120 cm³/mol. The van der Waals surface area contributed by atoms with Gasteiger partial charge in [0, 0.05) is 33.9 Å². The fourth-order valence-electron chi connectivity index (χ4n) is 3.24. The topological polar surface area (TPSA) is 69.6 Å². The molecule has 0 saturated carbocycles. The third kappa shape index (κ3) is 8.47. The van der Waals surface area contributed by atoms with E-state index in [1.807, 2.05) is 48.5 Å². The number of ether oxygens (including phenoxy) is 5. The molecule has 0 saturated heterocycles. The molecule has 0 fully saturated rings. The number of hydrogen-bond acceptors (Lipinski definition) is 7. The molecule has 31 heavy (non-hydrogen) atoms. The van der Waals surface area contributed by atoms with Gasteiger partial charge in [-0.1, -0.05) is 24.3 Å². The van der Waals surface area contributed by atoms with Crippen molar-refractivity contribution in [3.8, 4) is 11.5 Å². The fourth-order valence-corrected chi connectivity index (χ4v) is 3.24. The molecule has 2 aromatic carbocycles. The summed E-state index contributed by atoms with van der Waals surface area (Å²) in [4.78, 5) is 2.11. The maximum atomic E-state index is 10.6. The van der Waals surface area contributed by atoms with Crippen LogP contribution >= 0.6 is 0 Å². The maximum Gasteiger partial charge on any atom is 0.118 e. The Balaban J connectivity index is 2.08. The summed E-state index contributed by atoms with van der Waals surface area (Å²) < 4.78 is 27.1. The largest absolute Gasteiger partial charge is 0.497 e. The molecule has 1 atom stereocenters. The number of aliphatic hydroxyl groups is 1. The molecule has 0 aromatic heterocycles. The third-order valence-corrected chi connectivity index (χ3v) is 4.98. The Morgan fingerprint density at radius 3 is 1.58 bits per heavy atom. The molecule has 0 radical (unpaired) electrons. The second kappa shape index (κ2) is 14.0. The zero-order valence-electron chi connectivity index (χ0n) is 19.0. The van der Waals surface area contributed by atoms with E-state index in [2.05, 4.69) is 4.90 Å². The molecule has 0 spiro atoms. The molecule has 0 heterocycles. The van der Waals surface area contributed by atoms with Gasteiger partial charge in [0.25, 0.3) is 0 Å². The Labute approximate surface area is 185 Å². The van der Waals surface area contributed by atoms with Crippen LogP contribution in [0, 0.1) is 0 Å². The minimum atomic E-state index is -0.646. The van der Waals surface area contributed by atoms with E-state index in [4.69, 9.17) is 23.7 Å². The molecule has 0 aliphatic rings. The van der Waals surface area contributed by atoms with Crippen LogP contribution in [0.25, 0.3) is 0 Å². The van der Waals surface area contributed by atoms with Gasteiger partial charge in [-0.3, -0.25) is 4.90 Å². The smallest absolute Gasteiger partial charge is 0.118 e. The molecule has 2 aromatic rings. The first kappa shape index (κ1) is 25.1. The van der Waals surface area contributed by atoms with Crippen LogP contribution < -0.4 is 9.47 Å². The highest BCUT2D eigenvalue weighted by Crippen LogP contribution is 2.29. The van der Waals surface area contributed by atoms with Crippen molar-refractivity contribution >= 4 is 0 Å². The highest BCUT2D eigenvalue weighted by atomic mass is 16.5. The number of hydrogen-bond donors (Lipinski definition) is 1. The molecule has 0 aliphatic heterocycles. The van der Waals surface area contributed by atoms with Crippen molar-refractivity contribution < 1.29 is 28.8 Å². The molecule has 7 nitrogen and oxygen atoms in total. The minimum absolute atomic E-state index is 0.194. The summed E-state index contributed by atoms with van der Waals surface area (Å²) >= 11 is 0. The number of methoxy groups -OCH3 is 4. The minimum Gasteiger partial charge on any atom is -0.497 e. The quantitative estimate of drug-likeness (QED) is 0.463. The lowest BCUT2D eigenvalue weighted by molar-refractivity contribution is -0.0136.